The molecule has 2 aliphatic carbocycles. The van der Waals surface area contributed by atoms with E-state index in [1.807, 2.05) is 0 Å². The maximum absolute atomic E-state index is 15.5. The highest BCUT2D eigenvalue weighted by atomic mass is 35.5. The van der Waals surface area contributed by atoms with Crippen LogP contribution < -0.4 is 5.32 Å². The molecule has 0 saturated heterocycles. The predicted octanol–water partition coefficient (Wildman–Crippen LogP) is 6.93. The highest BCUT2D eigenvalue weighted by Crippen LogP contribution is 2.60. The van der Waals surface area contributed by atoms with Gasteiger partial charge >= 0.3 is 6.18 Å². The lowest BCUT2D eigenvalue weighted by Gasteiger charge is -2.27. The van der Waals surface area contributed by atoms with Crippen molar-refractivity contribution in [2.24, 2.45) is 13.0 Å². The Kier molecular flexibility index (Phi) is 9.99. The molecule has 2 aliphatic rings. The topological polar surface area (TPSA) is 107 Å². The van der Waals surface area contributed by atoms with Crippen molar-refractivity contribution in [3.63, 3.8) is 0 Å². The van der Waals surface area contributed by atoms with E-state index < -0.39 is 71.0 Å². The molecule has 2 aromatic carbocycles. The van der Waals surface area contributed by atoms with Gasteiger partial charge < -0.3 is 15.2 Å². The van der Waals surface area contributed by atoms with Gasteiger partial charge in [-0.1, -0.05) is 35.7 Å². The van der Waals surface area contributed by atoms with Crippen LogP contribution in [0.4, 0.5) is 30.7 Å². The largest absolute Gasteiger partial charge is 0.435 e. The second-order valence-corrected chi connectivity index (χ2v) is 13.6. The number of alkyl halides is 5. The number of allylic oxidation sites excluding steroid dienone is 2. The first-order valence-corrected chi connectivity index (χ1v) is 17.3. The van der Waals surface area contributed by atoms with E-state index in [9.17, 15) is 26.7 Å². The molecule has 5 aromatic rings. The first kappa shape index (κ1) is 38.1. The number of hydrogen-bond donors (Lipinski definition) is 2. The molecule has 3 heterocycles. The van der Waals surface area contributed by atoms with Crippen molar-refractivity contribution in [2.45, 2.75) is 43.9 Å². The van der Waals surface area contributed by atoms with Gasteiger partial charge in [-0.25, -0.2) is 13.8 Å². The minimum absolute atomic E-state index is 0.0367. The van der Waals surface area contributed by atoms with Crippen LogP contribution in [0.15, 0.2) is 54.6 Å². The van der Waals surface area contributed by atoms with Crippen LogP contribution in [0, 0.1) is 36.3 Å². The van der Waals surface area contributed by atoms with Gasteiger partial charge in [0.2, 0.25) is 5.91 Å². The zero-order valence-electron chi connectivity index (χ0n) is 29.0. The van der Waals surface area contributed by atoms with E-state index >= 15 is 8.78 Å². The monoisotopic (exact) mass is 786 g/mol. The molecule has 0 bridgehead atoms. The third-order valence-electron chi connectivity index (χ3n) is 9.51. The number of carbonyl (C=O) groups is 1. The molecule has 1 amide bonds. The first-order valence-electron chi connectivity index (χ1n) is 16.9. The van der Waals surface area contributed by atoms with Gasteiger partial charge in [-0.05, 0) is 55.2 Å². The van der Waals surface area contributed by atoms with Crippen molar-refractivity contribution in [1.82, 2.24) is 29.9 Å². The number of fused-ring (bicyclic) bond motifs is 4. The fourth-order valence-corrected chi connectivity index (χ4v) is 7.57. The van der Waals surface area contributed by atoms with E-state index in [0.29, 0.717) is 43.5 Å². The molecule has 3 unspecified atom stereocenters. The van der Waals surface area contributed by atoms with Crippen LogP contribution in [0.5, 0.6) is 0 Å². The van der Waals surface area contributed by atoms with Crippen LogP contribution >= 0.6 is 11.6 Å². The summed E-state index contributed by atoms with van der Waals surface area (Å²) in [5, 5.41) is 20.7. The molecule has 2 N–H and O–H groups in total. The second kappa shape index (κ2) is 14.4. The zero-order valence-corrected chi connectivity index (χ0v) is 29.7. The highest BCUT2D eigenvalue weighted by molar-refractivity contribution is 6.36. The molecule has 55 heavy (non-hydrogen) atoms. The van der Waals surface area contributed by atoms with E-state index in [1.165, 1.54) is 6.08 Å². The van der Waals surface area contributed by atoms with Crippen LogP contribution in [0.25, 0.3) is 22.0 Å². The average Bonchev–Trinajstić information content (AvgIpc) is 3.65. The van der Waals surface area contributed by atoms with Gasteiger partial charge in [-0.2, -0.15) is 32.1 Å². The van der Waals surface area contributed by atoms with Gasteiger partial charge in [-0.3, -0.25) is 14.2 Å². The molecule has 286 valence electrons. The summed E-state index contributed by atoms with van der Waals surface area (Å²) in [6, 6.07) is 8.01. The summed E-state index contributed by atoms with van der Waals surface area (Å²) in [7, 11) is 1.69. The molecular weight excluding hydrogens is 757 g/mol. The maximum Gasteiger partial charge on any atom is 0.435 e. The molecule has 0 fully saturated rings. The number of halogens is 8. The van der Waals surface area contributed by atoms with Gasteiger partial charge in [0.15, 0.2) is 5.69 Å². The van der Waals surface area contributed by atoms with Crippen molar-refractivity contribution in [3.05, 3.63) is 111 Å². The average molecular weight is 787 g/mol. The molecule has 9 nitrogen and oxygen atoms in total. The molecular formula is C38H30ClF7N6O3. The molecule has 0 spiro atoms. The Labute approximate surface area is 313 Å². The number of aliphatic hydroxyl groups is 1. The lowest BCUT2D eigenvalue weighted by Crippen LogP contribution is -2.36. The number of pyridine rings is 1. The molecule has 0 radical (unpaired) electrons. The van der Waals surface area contributed by atoms with E-state index in [1.54, 1.807) is 42.9 Å². The summed E-state index contributed by atoms with van der Waals surface area (Å²) in [5.74, 6) is -3.75. The number of nitrogens with zero attached hydrogens (tertiary/aromatic N) is 5. The van der Waals surface area contributed by atoms with Crippen molar-refractivity contribution < 1.29 is 45.4 Å². The number of benzene rings is 2. The number of hydrogen-bond acceptors (Lipinski definition) is 6. The Morgan fingerprint density at radius 1 is 1.09 bits per heavy atom. The predicted molar refractivity (Wildman–Crippen MR) is 186 cm³/mol. The Balaban J connectivity index is 1.35. The third kappa shape index (κ3) is 7.07. The number of rotatable bonds is 10. The quantitative estimate of drug-likeness (QED) is 0.0689. The van der Waals surface area contributed by atoms with Gasteiger partial charge in [0.25, 0.3) is 5.92 Å². The number of aromatic nitrogens is 5. The Bertz CT molecular complexity index is 2410. The number of aryl methyl sites for hydroxylation is 2. The minimum Gasteiger partial charge on any atom is -0.394 e. The number of amides is 1. The van der Waals surface area contributed by atoms with E-state index in [4.69, 9.17) is 26.4 Å². The molecule has 3 aromatic heterocycles. The van der Waals surface area contributed by atoms with E-state index in [0.717, 1.165) is 18.2 Å². The minimum atomic E-state index is -5.08. The third-order valence-corrected chi connectivity index (χ3v) is 9.83. The molecule has 0 aliphatic heterocycles. The van der Waals surface area contributed by atoms with Crippen LogP contribution in [-0.4, -0.2) is 55.4 Å². The van der Waals surface area contributed by atoms with Crippen LogP contribution in [0.1, 0.15) is 51.6 Å². The Hall–Kier alpha value is -5.24. The van der Waals surface area contributed by atoms with Gasteiger partial charge in [0, 0.05) is 41.1 Å². The smallest absolute Gasteiger partial charge is 0.394 e. The Morgan fingerprint density at radius 2 is 1.82 bits per heavy atom. The van der Waals surface area contributed by atoms with Gasteiger partial charge in [0.1, 0.15) is 36.2 Å². The lowest BCUT2D eigenvalue weighted by atomic mass is 9.81. The summed E-state index contributed by atoms with van der Waals surface area (Å²) in [4.78, 5) is 18.6. The highest BCUT2D eigenvalue weighted by Gasteiger charge is 2.61. The zero-order chi connectivity index (χ0) is 39.4. The summed E-state index contributed by atoms with van der Waals surface area (Å²) in [6.07, 6.45) is -3.02. The fourth-order valence-electron chi connectivity index (χ4n) is 7.28. The lowest BCUT2D eigenvalue weighted by molar-refractivity contribution is -0.142. The molecule has 0 saturated carbocycles. The van der Waals surface area contributed by atoms with Gasteiger partial charge in [0.05, 0.1) is 47.1 Å². The summed E-state index contributed by atoms with van der Waals surface area (Å²) < 4.78 is 110. The summed E-state index contributed by atoms with van der Waals surface area (Å²) >= 11 is 6.57. The standard InChI is InChI=1S/C38H30ClF7N6O3/c1-19-31-28(39)10-8-25(34(31)51(2)49-19)24-6-5-23(4-3-12-55-13-11-53)47-33(24)29(16-20-14-21(40)17-22(41)15-20)48-30(54)18-52-36-32(35(50-52)38(44,45)46)26-7-9-27(26)37(36,42)43/h5-10,14-15,17,26-27,29,53H,11-13,16,18H2,1-2H3,(H,48,54). The number of carbonyl (C=O) groups excluding carboxylic acids is 1. The van der Waals surface area contributed by atoms with Crippen LogP contribution in [0.3, 0.4) is 0 Å². The van der Waals surface area contributed by atoms with E-state index in [-0.39, 0.29) is 43.2 Å². The summed E-state index contributed by atoms with van der Waals surface area (Å²) in [5.41, 5.74) is -0.744. The van der Waals surface area contributed by atoms with Crippen LogP contribution in [-0.2, 0) is 41.6 Å². The van der Waals surface area contributed by atoms with Crippen molar-refractivity contribution in [3.8, 4) is 23.0 Å². The first-order chi connectivity index (χ1) is 26.1. The van der Waals surface area contributed by atoms with Crippen LogP contribution in [0.2, 0.25) is 5.02 Å². The van der Waals surface area contributed by atoms with Crippen molar-refractivity contribution in [1.29, 1.82) is 0 Å². The summed E-state index contributed by atoms with van der Waals surface area (Å²) in [6.45, 7) is 0.458. The SMILES string of the molecule is Cc1nn(C)c2c(-c3ccc(C#CCOCCO)nc3C(Cc3cc(F)cc(F)c3)NC(=O)Cn3nc(C(F)(F)F)c4c3C(F)(F)C3C=CC43)ccc(Cl)c12. The maximum atomic E-state index is 15.5. The van der Waals surface area contributed by atoms with Crippen molar-refractivity contribution >= 4 is 28.4 Å². The van der Waals surface area contributed by atoms with E-state index in [2.05, 4.69) is 27.4 Å². The number of nitrogens with one attached hydrogen (secondary N) is 1. The number of ether oxygens (including phenoxy) is 1. The molecule has 7 rings (SSSR count). The normalized spacial score (nSPS) is 17.4. The fraction of sp³-hybridized carbons (Fsp3) is 0.316. The molecule has 3 atom stereocenters. The molecule has 17 heteroatoms. The second-order valence-electron chi connectivity index (χ2n) is 13.2. The van der Waals surface area contributed by atoms with Crippen molar-refractivity contribution in [2.75, 3.05) is 19.8 Å². The number of aliphatic hydroxyl groups excluding tert-OH is 1. The van der Waals surface area contributed by atoms with Gasteiger partial charge in [-0.15, -0.1) is 0 Å². The Morgan fingerprint density at radius 3 is 2.49 bits per heavy atom.